The second-order valence-electron chi connectivity index (χ2n) is 4.87. The van der Waals surface area contributed by atoms with Gasteiger partial charge in [-0.05, 0) is 24.9 Å². The zero-order valence-electron chi connectivity index (χ0n) is 11.7. The van der Waals surface area contributed by atoms with Gasteiger partial charge in [0.05, 0.1) is 5.92 Å². The van der Waals surface area contributed by atoms with Crippen molar-refractivity contribution in [3.63, 3.8) is 0 Å². The Morgan fingerprint density at radius 1 is 1.30 bits per heavy atom. The first kappa shape index (κ1) is 16.2. The van der Waals surface area contributed by atoms with E-state index in [1.165, 1.54) is 12.8 Å². The second kappa shape index (κ2) is 8.32. The highest BCUT2D eigenvalue weighted by Crippen LogP contribution is 2.24. The lowest BCUT2D eigenvalue weighted by Gasteiger charge is -2.29. The SMILES string of the molecule is CC(=O)O.NC(=O)C(c1ccccc1)C1CCCCN1. The number of aliphatic carboxylic acids is 1. The van der Waals surface area contributed by atoms with Gasteiger partial charge in [0, 0.05) is 13.0 Å². The Labute approximate surface area is 119 Å². The Kier molecular flexibility index (Phi) is 6.73. The van der Waals surface area contributed by atoms with Crippen LogP contribution in [0.1, 0.15) is 37.7 Å². The number of carboxylic acids is 1. The Morgan fingerprint density at radius 2 is 1.90 bits per heavy atom. The highest BCUT2D eigenvalue weighted by molar-refractivity contribution is 5.82. The van der Waals surface area contributed by atoms with Crippen LogP contribution < -0.4 is 11.1 Å². The molecule has 0 aromatic heterocycles. The monoisotopic (exact) mass is 278 g/mol. The van der Waals surface area contributed by atoms with E-state index >= 15 is 0 Å². The molecular formula is C15H22N2O3. The maximum absolute atomic E-state index is 11.6. The molecule has 0 aliphatic carbocycles. The summed E-state index contributed by atoms with van der Waals surface area (Å²) < 4.78 is 0. The molecule has 0 bridgehead atoms. The molecule has 0 saturated carbocycles. The summed E-state index contributed by atoms with van der Waals surface area (Å²) in [5, 5.41) is 10.8. The van der Waals surface area contributed by atoms with Crippen molar-refractivity contribution in [1.29, 1.82) is 0 Å². The number of carbonyl (C=O) groups excluding carboxylic acids is 1. The number of amides is 1. The number of nitrogens with two attached hydrogens (primary N) is 1. The number of piperidine rings is 1. The fraction of sp³-hybridized carbons (Fsp3) is 0.467. The summed E-state index contributed by atoms with van der Waals surface area (Å²) in [4.78, 5) is 20.6. The van der Waals surface area contributed by atoms with Crippen LogP contribution >= 0.6 is 0 Å². The molecule has 2 rings (SSSR count). The molecule has 2 atom stereocenters. The van der Waals surface area contributed by atoms with Crippen molar-refractivity contribution in [1.82, 2.24) is 5.32 Å². The molecule has 1 aromatic rings. The molecule has 4 N–H and O–H groups in total. The quantitative estimate of drug-likeness (QED) is 0.781. The maximum Gasteiger partial charge on any atom is 0.300 e. The number of carbonyl (C=O) groups is 2. The summed E-state index contributed by atoms with van der Waals surface area (Å²) in [6.07, 6.45) is 3.40. The normalized spacial score (nSPS) is 19.4. The van der Waals surface area contributed by atoms with Gasteiger partial charge in [-0.25, -0.2) is 0 Å². The van der Waals surface area contributed by atoms with Crippen LogP contribution in [0.4, 0.5) is 0 Å². The van der Waals surface area contributed by atoms with Crippen LogP contribution in [0.5, 0.6) is 0 Å². The standard InChI is InChI=1S/C13H18N2O.C2H4O2/c14-13(16)12(10-6-2-1-3-7-10)11-8-4-5-9-15-11;1-2(3)4/h1-3,6-7,11-12,15H,4-5,8-9H2,(H2,14,16);1H3,(H,3,4). The van der Waals surface area contributed by atoms with Gasteiger partial charge in [-0.3, -0.25) is 9.59 Å². The van der Waals surface area contributed by atoms with Gasteiger partial charge in [0.1, 0.15) is 0 Å². The molecule has 1 saturated heterocycles. The van der Waals surface area contributed by atoms with Crippen molar-refractivity contribution in [2.75, 3.05) is 6.54 Å². The largest absolute Gasteiger partial charge is 0.481 e. The zero-order chi connectivity index (χ0) is 15.0. The van der Waals surface area contributed by atoms with Crippen LogP contribution in [-0.4, -0.2) is 29.6 Å². The van der Waals surface area contributed by atoms with Crippen LogP contribution in [0.3, 0.4) is 0 Å². The summed E-state index contributed by atoms with van der Waals surface area (Å²) in [5.74, 6) is -1.26. The van der Waals surface area contributed by atoms with Gasteiger partial charge in [-0.2, -0.15) is 0 Å². The van der Waals surface area contributed by atoms with Crippen LogP contribution in [-0.2, 0) is 9.59 Å². The molecular weight excluding hydrogens is 256 g/mol. The summed E-state index contributed by atoms with van der Waals surface area (Å²) >= 11 is 0. The Morgan fingerprint density at radius 3 is 2.35 bits per heavy atom. The number of carboxylic acid groups (broad SMARTS) is 1. The molecule has 2 unspecified atom stereocenters. The van der Waals surface area contributed by atoms with Gasteiger partial charge in [0.2, 0.25) is 5.91 Å². The van der Waals surface area contributed by atoms with Gasteiger partial charge in [-0.1, -0.05) is 36.8 Å². The minimum absolute atomic E-state index is 0.193. The zero-order valence-corrected chi connectivity index (χ0v) is 11.7. The van der Waals surface area contributed by atoms with Crippen molar-refractivity contribution in [2.45, 2.75) is 38.1 Å². The van der Waals surface area contributed by atoms with E-state index in [9.17, 15) is 4.79 Å². The first-order chi connectivity index (χ1) is 9.52. The summed E-state index contributed by atoms with van der Waals surface area (Å²) in [7, 11) is 0. The molecule has 20 heavy (non-hydrogen) atoms. The molecule has 1 aromatic carbocycles. The smallest absolute Gasteiger partial charge is 0.300 e. The molecule has 1 fully saturated rings. The molecule has 1 amide bonds. The number of hydrogen-bond acceptors (Lipinski definition) is 3. The van der Waals surface area contributed by atoms with E-state index in [1.54, 1.807) is 0 Å². The molecule has 1 heterocycles. The first-order valence-electron chi connectivity index (χ1n) is 6.79. The lowest BCUT2D eigenvalue weighted by molar-refractivity contribution is -0.134. The minimum atomic E-state index is -0.833. The lowest BCUT2D eigenvalue weighted by atomic mass is 9.86. The van der Waals surface area contributed by atoms with Crippen molar-refractivity contribution >= 4 is 11.9 Å². The predicted molar refractivity (Wildman–Crippen MR) is 77.3 cm³/mol. The lowest BCUT2D eigenvalue weighted by Crippen LogP contribution is -2.43. The Hall–Kier alpha value is -1.88. The van der Waals surface area contributed by atoms with E-state index in [4.69, 9.17) is 15.6 Å². The molecule has 0 spiro atoms. The Bertz CT molecular complexity index is 424. The van der Waals surface area contributed by atoms with Crippen molar-refractivity contribution in [3.05, 3.63) is 35.9 Å². The molecule has 5 heteroatoms. The topological polar surface area (TPSA) is 92.4 Å². The maximum atomic E-state index is 11.6. The summed E-state index contributed by atoms with van der Waals surface area (Å²) in [6, 6.07) is 10.0. The van der Waals surface area contributed by atoms with E-state index in [0.29, 0.717) is 0 Å². The number of benzene rings is 1. The average molecular weight is 278 g/mol. The van der Waals surface area contributed by atoms with E-state index in [1.807, 2.05) is 30.3 Å². The molecule has 0 radical (unpaired) electrons. The van der Waals surface area contributed by atoms with E-state index < -0.39 is 5.97 Å². The van der Waals surface area contributed by atoms with Gasteiger partial charge in [0.15, 0.2) is 0 Å². The van der Waals surface area contributed by atoms with E-state index in [2.05, 4.69) is 5.32 Å². The molecule has 1 aliphatic rings. The number of rotatable bonds is 3. The average Bonchev–Trinajstić information content (AvgIpc) is 2.40. The number of primary amides is 1. The molecule has 1 aliphatic heterocycles. The molecule has 110 valence electrons. The molecule has 5 nitrogen and oxygen atoms in total. The predicted octanol–water partition coefficient (Wildman–Crippen LogP) is 1.49. The minimum Gasteiger partial charge on any atom is -0.481 e. The fourth-order valence-corrected chi connectivity index (χ4v) is 2.42. The summed E-state index contributed by atoms with van der Waals surface area (Å²) in [6.45, 7) is 2.07. The van der Waals surface area contributed by atoms with Gasteiger partial charge in [-0.15, -0.1) is 0 Å². The first-order valence-corrected chi connectivity index (χ1v) is 6.79. The summed E-state index contributed by atoms with van der Waals surface area (Å²) in [5.41, 5.74) is 6.54. The number of hydrogen-bond donors (Lipinski definition) is 3. The third-order valence-corrected chi connectivity index (χ3v) is 3.22. The van der Waals surface area contributed by atoms with Gasteiger partial charge >= 0.3 is 0 Å². The van der Waals surface area contributed by atoms with Crippen LogP contribution in [0, 0.1) is 0 Å². The highest BCUT2D eigenvalue weighted by atomic mass is 16.4. The van der Waals surface area contributed by atoms with Crippen LogP contribution in [0.15, 0.2) is 30.3 Å². The highest BCUT2D eigenvalue weighted by Gasteiger charge is 2.28. The van der Waals surface area contributed by atoms with Crippen molar-refractivity contribution < 1.29 is 14.7 Å². The Balaban J connectivity index is 0.000000444. The second-order valence-corrected chi connectivity index (χ2v) is 4.87. The van der Waals surface area contributed by atoms with E-state index in [0.717, 1.165) is 25.5 Å². The van der Waals surface area contributed by atoms with Gasteiger partial charge in [0.25, 0.3) is 5.97 Å². The van der Waals surface area contributed by atoms with Crippen LogP contribution in [0.2, 0.25) is 0 Å². The van der Waals surface area contributed by atoms with Crippen LogP contribution in [0.25, 0.3) is 0 Å². The fourth-order valence-electron chi connectivity index (χ4n) is 2.42. The van der Waals surface area contributed by atoms with Crippen molar-refractivity contribution in [3.8, 4) is 0 Å². The van der Waals surface area contributed by atoms with Crippen molar-refractivity contribution in [2.24, 2.45) is 5.73 Å². The van der Waals surface area contributed by atoms with E-state index in [-0.39, 0.29) is 17.9 Å². The number of nitrogens with one attached hydrogen (secondary N) is 1. The third kappa shape index (κ3) is 5.40. The van der Waals surface area contributed by atoms with Gasteiger partial charge < -0.3 is 16.2 Å². The third-order valence-electron chi connectivity index (χ3n) is 3.22.